The Morgan fingerprint density at radius 3 is 2.88 bits per heavy atom. The van der Waals surface area contributed by atoms with E-state index in [-0.39, 0.29) is 17.8 Å². The molecule has 2 aromatic rings. The second-order valence-corrected chi connectivity index (χ2v) is 5.84. The van der Waals surface area contributed by atoms with Crippen molar-refractivity contribution >= 4 is 17.4 Å². The number of likely N-dealkylation sites (tertiary alicyclic amines) is 1. The van der Waals surface area contributed by atoms with Crippen LogP contribution in [-0.4, -0.2) is 37.2 Å². The van der Waals surface area contributed by atoms with E-state index in [9.17, 15) is 14.9 Å². The quantitative estimate of drug-likeness (QED) is 0.687. The van der Waals surface area contributed by atoms with Gasteiger partial charge in [0.15, 0.2) is 5.82 Å². The van der Waals surface area contributed by atoms with Gasteiger partial charge in [-0.3, -0.25) is 10.1 Å². The van der Waals surface area contributed by atoms with E-state index in [1.54, 1.807) is 24.2 Å². The van der Waals surface area contributed by atoms with Crippen molar-refractivity contribution in [3.63, 3.8) is 0 Å². The number of benzene rings is 1. The normalized spacial score (nSPS) is 17.1. The second kappa shape index (κ2) is 6.26. The number of nitrogens with zero attached hydrogens (tertiary/aromatic N) is 5. The highest BCUT2D eigenvalue weighted by molar-refractivity contribution is 5.90. The summed E-state index contributed by atoms with van der Waals surface area (Å²) in [6, 6.07) is 4.18. The molecule has 1 saturated heterocycles. The van der Waals surface area contributed by atoms with Gasteiger partial charge in [-0.1, -0.05) is 0 Å². The minimum absolute atomic E-state index is 0.0335. The number of nitro benzene ring substituents is 1. The number of amides is 2. The number of nitrogens with one attached hydrogen (secondary N) is 1. The summed E-state index contributed by atoms with van der Waals surface area (Å²) in [5, 5.41) is 21.6. The first-order chi connectivity index (χ1) is 11.5. The fourth-order valence-corrected chi connectivity index (χ4v) is 3.01. The maximum Gasteiger partial charge on any atom is 0.322 e. The van der Waals surface area contributed by atoms with E-state index in [4.69, 9.17) is 0 Å². The Kier molecular flexibility index (Phi) is 4.15. The number of nitro groups is 1. The molecule has 2 amide bonds. The number of anilines is 1. The molecule has 0 aliphatic carbocycles. The van der Waals surface area contributed by atoms with Crippen molar-refractivity contribution in [3.8, 4) is 0 Å². The van der Waals surface area contributed by atoms with Crippen LogP contribution < -0.4 is 5.32 Å². The number of aromatic nitrogens is 3. The van der Waals surface area contributed by atoms with Crippen LogP contribution in [0.1, 0.15) is 30.3 Å². The summed E-state index contributed by atoms with van der Waals surface area (Å²) in [6.45, 7) is 2.28. The van der Waals surface area contributed by atoms with E-state index >= 15 is 0 Å². The summed E-state index contributed by atoms with van der Waals surface area (Å²) in [7, 11) is 1.85. The fraction of sp³-hybridized carbons (Fsp3) is 0.400. The molecule has 3 rings (SSSR count). The molecule has 1 aromatic heterocycles. The monoisotopic (exact) mass is 330 g/mol. The Morgan fingerprint density at radius 1 is 1.46 bits per heavy atom. The van der Waals surface area contributed by atoms with Gasteiger partial charge in [0, 0.05) is 30.9 Å². The van der Waals surface area contributed by atoms with Gasteiger partial charge >= 0.3 is 6.03 Å². The van der Waals surface area contributed by atoms with Gasteiger partial charge in [0.2, 0.25) is 0 Å². The molecule has 9 nitrogen and oxygen atoms in total. The zero-order valence-corrected chi connectivity index (χ0v) is 13.5. The molecule has 0 saturated carbocycles. The van der Waals surface area contributed by atoms with Gasteiger partial charge in [-0.15, -0.1) is 10.2 Å². The van der Waals surface area contributed by atoms with Crippen LogP contribution in [0.2, 0.25) is 0 Å². The molecule has 1 atom stereocenters. The molecule has 1 aliphatic rings. The molecule has 24 heavy (non-hydrogen) atoms. The second-order valence-electron chi connectivity index (χ2n) is 5.84. The van der Waals surface area contributed by atoms with Crippen molar-refractivity contribution in [2.45, 2.75) is 25.8 Å². The molecule has 1 aliphatic heterocycles. The molecule has 1 fully saturated rings. The molecule has 1 aromatic carbocycles. The van der Waals surface area contributed by atoms with Crippen LogP contribution in [0.3, 0.4) is 0 Å². The van der Waals surface area contributed by atoms with Gasteiger partial charge in [-0.2, -0.15) is 0 Å². The number of rotatable bonds is 3. The summed E-state index contributed by atoms with van der Waals surface area (Å²) >= 11 is 0. The highest BCUT2D eigenvalue weighted by atomic mass is 16.6. The van der Waals surface area contributed by atoms with E-state index in [2.05, 4.69) is 15.5 Å². The van der Waals surface area contributed by atoms with Crippen molar-refractivity contribution in [1.82, 2.24) is 19.7 Å². The third-order valence-corrected chi connectivity index (χ3v) is 4.20. The van der Waals surface area contributed by atoms with Crippen LogP contribution in [0.15, 0.2) is 24.5 Å². The van der Waals surface area contributed by atoms with Gasteiger partial charge in [-0.05, 0) is 31.9 Å². The number of hydrogen-bond donors (Lipinski definition) is 1. The molecule has 1 N–H and O–H groups in total. The smallest absolute Gasteiger partial charge is 0.319 e. The van der Waals surface area contributed by atoms with Gasteiger partial charge in [0.05, 0.1) is 11.0 Å². The Labute approximate surface area is 138 Å². The Morgan fingerprint density at radius 2 is 2.25 bits per heavy atom. The van der Waals surface area contributed by atoms with Gasteiger partial charge in [0.25, 0.3) is 5.69 Å². The fourth-order valence-electron chi connectivity index (χ4n) is 3.01. The van der Waals surface area contributed by atoms with Crippen LogP contribution in [0.4, 0.5) is 16.2 Å². The molecule has 9 heteroatoms. The maximum absolute atomic E-state index is 12.6. The summed E-state index contributed by atoms with van der Waals surface area (Å²) in [4.78, 5) is 24.7. The lowest BCUT2D eigenvalue weighted by Crippen LogP contribution is -2.35. The zero-order chi connectivity index (χ0) is 17.3. The first-order valence-corrected chi connectivity index (χ1v) is 7.64. The van der Waals surface area contributed by atoms with Crippen molar-refractivity contribution in [2.75, 3.05) is 11.9 Å². The summed E-state index contributed by atoms with van der Waals surface area (Å²) in [5.74, 6) is 0.752. The Balaban J connectivity index is 1.76. The topological polar surface area (TPSA) is 106 Å². The SMILES string of the molecule is Cc1cc(NC(=O)N2CCC[C@H]2c2nncn2C)ccc1[N+](=O)[O-]. The van der Waals surface area contributed by atoms with Crippen LogP contribution in [0, 0.1) is 17.0 Å². The molecule has 0 radical (unpaired) electrons. The minimum atomic E-state index is -0.439. The Bertz CT molecular complexity index is 787. The van der Waals surface area contributed by atoms with Gasteiger partial charge in [-0.25, -0.2) is 4.79 Å². The third-order valence-electron chi connectivity index (χ3n) is 4.20. The summed E-state index contributed by atoms with van der Waals surface area (Å²) < 4.78 is 1.81. The first kappa shape index (κ1) is 15.9. The van der Waals surface area contributed by atoms with Crippen molar-refractivity contribution in [2.24, 2.45) is 7.05 Å². The predicted molar refractivity (Wildman–Crippen MR) is 86.5 cm³/mol. The van der Waals surface area contributed by atoms with E-state index in [0.29, 0.717) is 17.8 Å². The Hall–Kier alpha value is -2.97. The molecule has 0 spiro atoms. The number of aryl methyl sites for hydroxylation is 2. The number of urea groups is 1. The van der Waals surface area contributed by atoms with E-state index in [0.717, 1.165) is 18.7 Å². The molecular formula is C15H18N6O3. The van der Waals surface area contributed by atoms with Crippen molar-refractivity contribution in [3.05, 3.63) is 46.0 Å². The molecule has 2 heterocycles. The third kappa shape index (κ3) is 2.92. The molecule has 0 bridgehead atoms. The minimum Gasteiger partial charge on any atom is -0.319 e. The standard InChI is InChI=1S/C15H18N6O3/c1-10-8-11(5-6-12(10)21(23)24)17-15(22)20-7-3-4-13(20)14-18-16-9-19(14)2/h5-6,8-9,13H,3-4,7H2,1-2H3,(H,17,22)/t13-/m0/s1. The van der Waals surface area contributed by atoms with E-state index < -0.39 is 4.92 Å². The van der Waals surface area contributed by atoms with Crippen LogP contribution in [0.5, 0.6) is 0 Å². The zero-order valence-electron chi connectivity index (χ0n) is 13.5. The average Bonchev–Trinajstić information content (AvgIpc) is 3.15. The largest absolute Gasteiger partial charge is 0.322 e. The lowest BCUT2D eigenvalue weighted by Gasteiger charge is -2.24. The van der Waals surface area contributed by atoms with Crippen molar-refractivity contribution in [1.29, 1.82) is 0 Å². The lowest BCUT2D eigenvalue weighted by atomic mass is 10.2. The highest BCUT2D eigenvalue weighted by Crippen LogP contribution is 2.31. The van der Waals surface area contributed by atoms with Crippen LogP contribution >= 0.6 is 0 Å². The van der Waals surface area contributed by atoms with Crippen molar-refractivity contribution < 1.29 is 9.72 Å². The van der Waals surface area contributed by atoms with E-state index in [1.165, 1.54) is 12.1 Å². The molecule has 0 unspecified atom stereocenters. The lowest BCUT2D eigenvalue weighted by molar-refractivity contribution is -0.385. The summed E-state index contributed by atoms with van der Waals surface area (Å²) in [5.41, 5.74) is 1.07. The first-order valence-electron chi connectivity index (χ1n) is 7.64. The number of hydrogen-bond acceptors (Lipinski definition) is 5. The maximum atomic E-state index is 12.6. The van der Waals surface area contributed by atoms with Gasteiger partial charge < -0.3 is 14.8 Å². The van der Waals surface area contributed by atoms with E-state index in [1.807, 2.05) is 11.6 Å². The van der Waals surface area contributed by atoms with Gasteiger partial charge in [0.1, 0.15) is 6.33 Å². The van der Waals surface area contributed by atoms with Crippen LogP contribution in [0.25, 0.3) is 0 Å². The van der Waals surface area contributed by atoms with Crippen LogP contribution in [-0.2, 0) is 7.05 Å². The highest BCUT2D eigenvalue weighted by Gasteiger charge is 2.33. The molecule has 126 valence electrons. The molecular weight excluding hydrogens is 312 g/mol. The predicted octanol–water partition coefficient (Wildman–Crippen LogP) is 2.40. The number of carbonyl (C=O) groups excluding carboxylic acids is 1. The average molecular weight is 330 g/mol. The summed E-state index contributed by atoms with van der Waals surface area (Å²) in [6.07, 6.45) is 3.34. The number of carbonyl (C=O) groups is 1.